The molecule has 0 aromatic heterocycles. The number of ether oxygens (including phenoxy) is 1. The summed E-state index contributed by atoms with van der Waals surface area (Å²) in [5, 5.41) is 0.0559. The Morgan fingerprint density at radius 2 is 2.00 bits per heavy atom. The summed E-state index contributed by atoms with van der Waals surface area (Å²) in [7, 11) is 1.55. The molecule has 1 aromatic carbocycles. The molecule has 0 radical (unpaired) electrons. The van der Waals surface area contributed by atoms with Gasteiger partial charge >= 0.3 is 0 Å². The molecule has 1 aliphatic rings. The summed E-state index contributed by atoms with van der Waals surface area (Å²) < 4.78 is 19.0. The fraction of sp³-hybridized carbons (Fsp3) is 0.571. The highest BCUT2D eigenvalue weighted by atomic mass is 35.5. The summed E-state index contributed by atoms with van der Waals surface area (Å²) in [6.07, 6.45) is 5.47. The van der Waals surface area contributed by atoms with Crippen molar-refractivity contribution >= 4 is 11.6 Å². The van der Waals surface area contributed by atoms with E-state index in [1.165, 1.54) is 12.5 Å². The minimum Gasteiger partial charge on any atom is -0.497 e. The Kier molecular flexibility index (Phi) is 4.27. The molecule has 2 rings (SSSR count). The second-order valence-electron chi connectivity index (χ2n) is 4.65. The third kappa shape index (κ3) is 2.92. The van der Waals surface area contributed by atoms with Crippen LogP contribution in [0.2, 0.25) is 0 Å². The van der Waals surface area contributed by atoms with Crippen LogP contribution < -0.4 is 4.74 Å². The van der Waals surface area contributed by atoms with Crippen molar-refractivity contribution in [3.8, 4) is 5.75 Å². The maximum Gasteiger partial charge on any atom is 0.130 e. The maximum absolute atomic E-state index is 14.0. The van der Waals surface area contributed by atoms with Gasteiger partial charge in [-0.25, -0.2) is 4.39 Å². The van der Waals surface area contributed by atoms with E-state index in [0.717, 1.165) is 31.2 Å². The lowest BCUT2D eigenvalue weighted by molar-refractivity contribution is 0.409. The van der Waals surface area contributed by atoms with Crippen molar-refractivity contribution in [2.75, 3.05) is 7.11 Å². The fourth-order valence-corrected chi connectivity index (χ4v) is 2.96. The fourth-order valence-electron chi connectivity index (χ4n) is 2.55. The average Bonchev–Trinajstić information content (AvgIpc) is 2.54. The van der Waals surface area contributed by atoms with Crippen LogP contribution in [0.15, 0.2) is 18.2 Å². The van der Waals surface area contributed by atoms with Gasteiger partial charge in [-0.15, -0.1) is 11.6 Å². The molecule has 3 heteroatoms. The molecule has 1 fully saturated rings. The number of hydrogen-bond acceptors (Lipinski definition) is 1. The van der Waals surface area contributed by atoms with Gasteiger partial charge in [0.2, 0.25) is 0 Å². The Morgan fingerprint density at radius 3 is 2.71 bits per heavy atom. The molecule has 0 saturated heterocycles. The Morgan fingerprint density at radius 1 is 1.24 bits per heavy atom. The van der Waals surface area contributed by atoms with Gasteiger partial charge < -0.3 is 4.74 Å². The van der Waals surface area contributed by atoms with Crippen molar-refractivity contribution in [3.05, 3.63) is 29.6 Å². The summed E-state index contributed by atoms with van der Waals surface area (Å²) in [5.74, 6) is 0.512. The van der Waals surface area contributed by atoms with E-state index in [2.05, 4.69) is 0 Å². The zero-order chi connectivity index (χ0) is 12.3. The summed E-state index contributed by atoms with van der Waals surface area (Å²) >= 11 is 6.37. The van der Waals surface area contributed by atoms with Gasteiger partial charge in [0.1, 0.15) is 11.6 Å². The predicted molar refractivity (Wildman–Crippen MR) is 68.4 cm³/mol. The highest BCUT2D eigenvalue weighted by Gasteiger charge is 2.25. The van der Waals surface area contributed by atoms with Crippen LogP contribution in [0.4, 0.5) is 4.39 Å². The molecule has 0 N–H and O–H groups in total. The maximum atomic E-state index is 14.0. The first-order valence-electron chi connectivity index (χ1n) is 6.20. The molecule has 0 aliphatic heterocycles. The first-order chi connectivity index (χ1) is 8.22. The number of halogens is 2. The van der Waals surface area contributed by atoms with Crippen molar-refractivity contribution in [2.45, 2.75) is 43.4 Å². The summed E-state index contributed by atoms with van der Waals surface area (Å²) in [6, 6.07) is 5.08. The molecule has 1 aromatic rings. The molecule has 0 amide bonds. The van der Waals surface area contributed by atoms with Crippen LogP contribution in [-0.2, 0) is 0 Å². The standard InChI is InChI=1S/C14H18ClFO/c1-17-10-7-8-12(14(16)9-10)11-5-3-2-4-6-13(11)15/h7-9,11,13H,2-6H2,1H3. The van der Waals surface area contributed by atoms with Crippen molar-refractivity contribution in [3.63, 3.8) is 0 Å². The number of rotatable bonds is 2. The quantitative estimate of drug-likeness (QED) is 0.560. The molecule has 94 valence electrons. The van der Waals surface area contributed by atoms with Gasteiger partial charge in [-0.2, -0.15) is 0 Å². The van der Waals surface area contributed by atoms with E-state index in [0.29, 0.717) is 5.75 Å². The minimum atomic E-state index is -0.193. The van der Waals surface area contributed by atoms with E-state index >= 15 is 0 Å². The lowest BCUT2D eigenvalue weighted by Gasteiger charge is -2.20. The van der Waals surface area contributed by atoms with E-state index in [-0.39, 0.29) is 17.1 Å². The Balaban J connectivity index is 2.25. The number of alkyl halides is 1. The van der Waals surface area contributed by atoms with E-state index in [1.807, 2.05) is 12.1 Å². The van der Waals surface area contributed by atoms with Crippen molar-refractivity contribution in [1.29, 1.82) is 0 Å². The largest absolute Gasteiger partial charge is 0.497 e. The monoisotopic (exact) mass is 256 g/mol. The molecule has 2 unspecified atom stereocenters. The summed E-state index contributed by atoms with van der Waals surface area (Å²) in [4.78, 5) is 0. The smallest absolute Gasteiger partial charge is 0.130 e. The van der Waals surface area contributed by atoms with Crippen LogP contribution >= 0.6 is 11.6 Å². The Hall–Kier alpha value is -0.760. The molecule has 1 saturated carbocycles. The number of benzene rings is 1. The zero-order valence-electron chi connectivity index (χ0n) is 10.1. The van der Waals surface area contributed by atoms with Crippen LogP contribution in [0, 0.1) is 5.82 Å². The Labute approximate surface area is 107 Å². The molecule has 1 nitrogen and oxygen atoms in total. The third-order valence-electron chi connectivity index (χ3n) is 3.54. The highest BCUT2D eigenvalue weighted by Crippen LogP contribution is 2.37. The second kappa shape index (κ2) is 5.72. The summed E-state index contributed by atoms with van der Waals surface area (Å²) in [6.45, 7) is 0. The van der Waals surface area contributed by atoms with Gasteiger partial charge in [0.15, 0.2) is 0 Å². The van der Waals surface area contributed by atoms with Crippen LogP contribution in [0.3, 0.4) is 0 Å². The lowest BCUT2D eigenvalue weighted by Crippen LogP contribution is -2.12. The van der Waals surface area contributed by atoms with Gasteiger partial charge in [0.25, 0.3) is 0 Å². The first kappa shape index (κ1) is 12.7. The predicted octanol–water partition coefficient (Wildman–Crippen LogP) is 4.49. The normalized spacial score (nSPS) is 25.4. The van der Waals surface area contributed by atoms with Crippen LogP contribution in [-0.4, -0.2) is 12.5 Å². The lowest BCUT2D eigenvalue weighted by atomic mass is 9.91. The van der Waals surface area contributed by atoms with E-state index in [9.17, 15) is 4.39 Å². The zero-order valence-corrected chi connectivity index (χ0v) is 10.8. The summed E-state index contributed by atoms with van der Waals surface area (Å²) in [5.41, 5.74) is 0.743. The van der Waals surface area contributed by atoms with Crippen LogP contribution in [0.1, 0.15) is 43.6 Å². The van der Waals surface area contributed by atoms with Crippen molar-refractivity contribution in [1.82, 2.24) is 0 Å². The van der Waals surface area contributed by atoms with Gasteiger partial charge in [-0.3, -0.25) is 0 Å². The van der Waals surface area contributed by atoms with Crippen molar-refractivity contribution in [2.24, 2.45) is 0 Å². The van der Waals surface area contributed by atoms with Gasteiger partial charge in [0.05, 0.1) is 7.11 Å². The molecular weight excluding hydrogens is 239 g/mol. The van der Waals surface area contributed by atoms with E-state index in [4.69, 9.17) is 16.3 Å². The molecular formula is C14H18ClFO. The first-order valence-corrected chi connectivity index (χ1v) is 6.63. The average molecular weight is 257 g/mol. The Bertz CT molecular complexity index is 380. The topological polar surface area (TPSA) is 9.23 Å². The third-order valence-corrected chi connectivity index (χ3v) is 4.06. The van der Waals surface area contributed by atoms with Gasteiger partial charge in [0, 0.05) is 17.4 Å². The molecule has 0 spiro atoms. The number of hydrogen-bond donors (Lipinski definition) is 0. The molecule has 0 heterocycles. The van der Waals surface area contributed by atoms with Crippen LogP contribution in [0.25, 0.3) is 0 Å². The van der Waals surface area contributed by atoms with Crippen LogP contribution in [0.5, 0.6) is 5.75 Å². The molecule has 17 heavy (non-hydrogen) atoms. The van der Waals surface area contributed by atoms with E-state index < -0.39 is 0 Å². The highest BCUT2D eigenvalue weighted by molar-refractivity contribution is 6.21. The molecule has 0 bridgehead atoms. The van der Waals surface area contributed by atoms with Gasteiger partial charge in [-0.1, -0.05) is 25.3 Å². The molecule has 2 atom stereocenters. The SMILES string of the molecule is COc1ccc(C2CCCCCC2Cl)c(F)c1. The second-order valence-corrected chi connectivity index (χ2v) is 5.21. The van der Waals surface area contributed by atoms with Crippen molar-refractivity contribution < 1.29 is 9.13 Å². The van der Waals surface area contributed by atoms with E-state index in [1.54, 1.807) is 7.11 Å². The number of methoxy groups -OCH3 is 1. The molecule has 1 aliphatic carbocycles. The van der Waals surface area contributed by atoms with Gasteiger partial charge in [-0.05, 0) is 24.5 Å². The minimum absolute atomic E-state index is 0.0559.